The van der Waals surface area contributed by atoms with E-state index >= 15 is 0 Å². The van der Waals surface area contributed by atoms with E-state index < -0.39 is 20.2 Å². The number of sulfone groups is 1. The van der Waals surface area contributed by atoms with E-state index in [-0.39, 0.29) is 11.5 Å². The Morgan fingerprint density at radius 2 is 1.81 bits per heavy atom. The Hall–Kier alpha value is -2.75. The van der Waals surface area contributed by atoms with Crippen molar-refractivity contribution in [1.29, 1.82) is 0 Å². The van der Waals surface area contributed by atoms with Crippen LogP contribution in [-0.2, 0) is 14.6 Å². The summed E-state index contributed by atoms with van der Waals surface area (Å²) in [6.45, 7) is 0. The SMILES string of the molecule is CN(C)/C=C/C(=O)C1=CC=CN(c2ccc(S(=O)(=O)C(F)(F)F)cc2)N1. The molecule has 1 heterocycles. The smallest absolute Gasteiger partial charge is 0.383 e. The zero-order valence-corrected chi connectivity index (χ0v) is 14.7. The first-order chi connectivity index (χ1) is 12.0. The Labute approximate surface area is 148 Å². The fourth-order valence-electron chi connectivity index (χ4n) is 1.94. The second-order valence-electron chi connectivity index (χ2n) is 5.49. The minimum absolute atomic E-state index is 0.248. The van der Waals surface area contributed by atoms with Gasteiger partial charge in [0, 0.05) is 32.6 Å². The number of allylic oxidation sites excluding steroid dienone is 3. The summed E-state index contributed by atoms with van der Waals surface area (Å²) >= 11 is 0. The number of carbonyl (C=O) groups excluding carboxylic acids is 1. The number of hydrogen-bond acceptors (Lipinski definition) is 6. The number of nitrogens with zero attached hydrogens (tertiary/aromatic N) is 2. The number of halogens is 3. The fraction of sp³-hybridized carbons (Fsp3) is 0.188. The first kappa shape index (κ1) is 19.6. The molecular formula is C16H16F3N3O3S. The molecule has 0 amide bonds. The highest BCUT2D eigenvalue weighted by atomic mass is 32.2. The van der Waals surface area contributed by atoms with Crippen LogP contribution in [0.4, 0.5) is 18.9 Å². The van der Waals surface area contributed by atoms with E-state index in [0.717, 1.165) is 12.1 Å². The number of alkyl halides is 3. The third kappa shape index (κ3) is 4.26. The number of hydrogen-bond donors (Lipinski definition) is 1. The van der Waals surface area contributed by atoms with Crippen molar-refractivity contribution in [2.75, 3.05) is 19.1 Å². The molecule has 0 atom stereocenters. The van der Waals surface area contributed by atoms with Gasteiger partial charge < -0.3 is 4.90 Å². The molecule has 1 aromatic carbocycles. The lowest BCUT2D eigenvalue weighted by molar-refractivity contribution is -0.111. The van der Waals surface area contributed by atoms with E-state index in [0.29, 0.717) is 5.69 Å². The van der Waals surface area contributed by atoms with Crippen LogP contribution in [0.25, 0.3) is 0 Å². The van der Waals surface area contributed by atoms with Crippen molar-refractivity contribution in [2.24, 2.45) is 0 Å². The van der Waals surface area contributed by atoms with E-state index in [2.05, 4.69) is 5.43 Å². The maximum absolute atomic E-state index is 12.6. The number of carbonyl (C=O) groups is 1. The number of rotatable bonds is 5. The van der Waals surface area contributed by atoms with Crippen molar-refractivity contribution in [1.82, 2.24) is 10.3 Å². The molecule has 0 aliphatic carbocycles. The van der Waals surface area contributed by atoms with Gasteiger partial charge in [-0.25, -0.2) is 8.42 Å². The topological polar surface area (TPSA) is 69.7 Å². The molecule has 0 unspecified atom stereocenters. The first-order valence-corrected chi connectivity index (χ1v) is 8.75. The maximum Gasteiger partial charge on any atom is 0.501 e. The largest absolute Gasteiger partial charge is 0.501 e. The number of nitrogens with one attached hydrogen (secondary N) is 1. The number of benzene rings is 1. The summed E-state index contributed by atoms with van der Waals surface area (Å²) < 4.78 is 60.5. The normalized spacial score (nSPS) is 15.0. The minimum atomic E-state index is -5.40. The lowest BCUT2D eigenvalue weighted by Gasteiger charge is -2.26. The molecule has 6 nitrogen and oxygen atoms in total. The summed E-state index contributed by atoms with van der Waals surface area (Å²) in [4.78, 5) is 12.9. The average molecular weight is 387 g/mol. The lowest BCUT2D eigenvalue weighted by Crippen LogP contribution is -2.37. The van der Waals surface area contributed by atoms with Gasteiger partial charge in [-0.1, -0.05) is 0 Å². The predicted molar refractivity (Wildman–Crippen MR) is 90.4 cm³/mol. The molecule has 10 heteroatoms. The summed E-state index contributed by atoms with van der Waals surface area (Å²) in [5.41, 5.74) is -1.96. The van der Waals surface area contributed by atoms with Crippen molar-refractivity contribution in [2.45, 2.75) is 10.4 Å². The Bertz CT molecular complexity index is 870. The maximum atomic E-state index is 12.6. The van der Waals surface area contributed by atoms with Crippen molar-refractivity contribution >= 4 is 21.3 Å². The highest BCUT2D eigenvalue weighted by Crippen LogP contribution is 2.31. The molecule has 0 bridgehead atoms. The van der Waals surface area contributed by atoms with Gasteiger partial charge in [0.2, 0.25) is 5.78 Å². The molecule has 26 heavy (non-hydrogen) atoms. The molecule has 0 saturated heterocycles. The van der Waals surface area contributed by atoms with Gasteiger partial charge in [0.15, 0.2) is 0 Å². The van der Waals surface area contributed by atoms with Crippen LogP contribution < -0.4 is 10.4 Å². The van der Waals surface area contributed by atoms with E-state index in [1.807, 2.05) is 0 Å². The Morgan fingerprint density at radius 1 is 1.19 bits per heavy atom. The van der Waals surface area contributed by atoms with Crippen LogP contribution in [0.5, 0.6) is 0 Å². The standard InChI is InChI=1S/C16H16F3N3O3S/c1-21(2)11-9-15(23)14-4-3-10-22(20-14)12-5-7-13(8-6-12)26(24,25)16(17,18)19/h3-11,20H,1-2H3/b11-9+. The molecule has 0 fully saturated rings. The number of ketones is 1. The summed E-state index contributed by atoms with van der Waals surface area (Å²) in [7, 11) is -1.88. The van der Waals surface area contributed by atoms with Crippen molar-refractivity contribution < 1.29 is 26.4 Å². The van der Waals surface area contributed by atoms with Gasteiger partial charge in [0.05, 0.1) is 10.6 Å². The van der Waals surface area contributed by atoms with Crippen LogP contribution >= 0.6 is 0 Å². The summed E-state index contributed by atoms with van der Waals surface area (Å²) in [6.07, 6.45) is 7.59. The fourth-order valence-corrected chi connectivity index (χ4v) is 2.71. The zero-order valence-electron chi connectivity index (χ0n) is 13.9. The van der Waals surface area contributed by atoms with E-state index in [1.165, 1.54) is 23.2 Å². The third-order valence-corrected chi connectivity index (χ3v) is 4.76. The van der Waals surface area contributed by atoms with Gasteiger partial charge >= 0.3 is 5.51 Å². The molecule has 1 aliphatic heterocycles. The van der Waals surface area contributed by atoms with Crippen LogP contribution in [-0.4, -0.2) is 38.7 Å². The molecule has 1 N–H and O–H groups in total. The molecular weight excluding hydrogens is 371 g/mol. The zero-order chi connectivity index (χ0) is 19.5. The number of hydrazine groups is 1. The molecule has 0 radical (unpaired) electrons. The molecule has 1 aliphatic rings. The second kappa shape index (κ2) is 7.24. The first-order valence-electron chi connectivity index (χ1n) is 7.27. The summed E-state index contributed by atoms with van der Waals surface area (Å²) in [5, 5.41) is 1.39. The highest BCUT2D eigenvalue weighted by Gasteiger charge is 2.46. The number of anilines is 1. The predicted octanol–water partition coefficient (Wildman–Crippen LogP) is 2.35. The van der Waals surface area contributed by atoms with Crippen LogP contribution in [0, 0.1) is 0 Å². The van der Waals surface area contributed by atoms with Crippen molar-refractivity contribution in [3.63, 3.8) is 0 Å². The van der Waals surface area contributed by atoms with Crippen LogP contribution in [0.3, 0.4) is 0 Å². The lowest BCUT2D eigenvalue weighted by atomic mass is 10.2. The third-order valence-electron chi connectivity index (χ3n) is 3.26. The van der Waals surface area contributed by atoms with Gasteiger partial charge in [-0.05, 0) is 36.4 Å². The van der Waals surface area contributed by atoms with Crippen LogP contribution in [0.2, 0.25) is 0 Å². The molecule has 0 spiro atoms. The highest BCUT2D eigenvalue weighted by molar-refractivity contribution is 7.92. The van der Waals surface area contributed by atoms with Gasteiger partial charge in [-0.15, -0.1) is 0 Å². The van der Waals surface area contributed by atoms with Crippen molar-refractivity contribution in [3.05, 3.63) is 60.6 Å². The quantitative estimate of drug-likeness (QED) is 0.783. The average Bonchev–Trinajstić information content (AvgIpc) is 2.59. The molecule has 2 rings (SSSR count). The molecule has 140 valence electrons. The molecule has 1 aromatic rings. The van der Waals surface area contributed by atoms with Crippen LogP contribution in [0.1, 0.15) is 0 Å². The Kier molecular flexibility index (Phi) is 5.45. The van der Waals surface area contributed by atoms with Gasteiger partial charge in [-0.3, -0.25) is 15.2 Å². The van der Waals surface area contributed by atoms with E-state index in [9.17, 15) is 26.4 Å². The summed E-state index contributed by atoms with van der Waals surface area (Å²) in [5.74, 6) is -0.302. The molecule has 0 aromatic heterocycles. The monoisotopic (exact) mass is 387 g/mol. The Morgan fingerprint density at radius 3 is 2.35 bits per heavy atom. The van der Waals surface area contributed by atoms with Gasteiger partial charge in [0.1, 0.15) is 5.70 Å². The Balaban J connectivity index is 2.18. The summed E-state index contributed by atoms with van der Waals surface area (Å²) in [6, 6.07) is 4.14. The van der Waals surface area contributed by atoms with E-state index in [1.54, 1.807) is 43.5 Å². The second-order valence-corrected chi connectivity index (χ2v) is 7.43. The van der Waals surface area contributed by atoms with Gasteiger partial charge in [-0.2, -0.15) is 13.2 Å². The minimum Gasteiger partial charge on any atom is -0.383 e. The van der Waals surface area contributed by atoms with Gasteiger partial charge in [0.25, 0.3) is 9.84 Å². The van der Waals surface area contributed by atoms with E-state index in [4.69, 9.17) is 0 Å². The van der Waals surface area contributed by atoms with Crippen molar-refractivity contribution in [3.8, 4) is 0 Å². The molecule has 0 saturated carbocycles. The van der Waals surface area contributed by atoms with Crippen LogP contribution in [0.15, 0.2) is 65.5 Å².